The molecule has 0 amide bonds. The predicted molar refractivity (Wildman–Crippen MR) is 66.0 cm³/mol. The number of rotatable bonds is 4. The number of hydrogen-bond donors (Lipinski definition) is 1. The maximum atomic E-state index is 13.1. The average Bonchev–Trinajstić information content (AvgIpc) is 2.72. The molecule has 0 saturated carbocycles. The topological polar surface area (TPSA) is 29.5 Å². The molecule has 0 aliphatic carbocycles. The highest BCUT2D eigenvalue weighted by Gasteiger charge is 2.03. The summed E-state index contributed by atoms with van der Waals surface area (Å²) in [5.41, 5.74) is 0.490. The number of halogens is 2. The van der Waals surface area contributed by atoms with E-state index in [0.29, 0.717) is 22.3 Å². The molecule has 17 heavy (non-hydrogen) atoms. The SMILES string of the molecule is OCc1cc(F)cc(OCc2ccc(Cl)s2)c1. The molecule has 2 aromatic rings. The molecule has 2 nitrogen and oxygen atoms in total. The highest BCUT2D eigenvalue weighted by Crippen LogP contribution is 2.23. The molecule has 0 spiro atoms. The van der Waals surface area contributed by atoms with Crippen LogP contribution in [0.15, 0.2) is 30.3 Å². The minimum absolute atomic E-state index is 0.209. The Morgan fingerprint density at radius 2 is 2.12 bits per heavy atom. The number of aliphatic hydroxyl groups is 1. The Bertz CT molecular complexity index is 513. The Kier molecular flexibility index (Phi) is 3.99. The van der Waals surface area contributed by atoms with Gasteiger partial charge in [-0.25, -0.2) is 4.39 Å². The van der Waals surface area contributed by atoms with Gasteiger partial charge in [-0.15, -0.1) is 11.3 Å². The quantitative estimate of drug-likeness (QED) is 0.921. The maximum Gasteiger partial charge on any atom is 0.127 e. The number of hydrogen-bond acceptors (Lipinski definition) is 3. The normalized spacial score (nSPS) is 10.5. The van der Waals surface area contributed by atoms with Gasteiger partial charge < -0.3 is 9.84 Å². The van der Waals surface area contributed by atoms with Gasteiger partial charge in [-0.05, 0) is 29.8 Å². The summed E-state index contributed by atoms with van der Waals surface area (Å²) >= 11 is 7.20. The van der Waals surface area contributed by atoms with Gasteiger partial charge in [0.1, 0.15) is 18.2 Å². The van der Waals surface area contributed by atoms with Crippen LogP contribution in [0.3, 0.4) is 0 Å². The lowest BCUT2D eigenvalue weighted by molar-refractivity contribution is 0.277. The van der Waals surface area contributed by atoms with Crippen molar-refractivity contribution >= 4 is 22.9 Å². The van der Waals surface area contributed by atoms with Crippen LogP contribution < -0.4 is 4.74 Å². The third kappa shape index (κ3) is 3.43. The summed E-state index contributed by atoms with van der Waals surface area (Å²) in [6.45, 7) is 0.130. The summed E-state index contributed by atoms with van der Waals surface area (Å²) in [4.78, 5) is 0.963. The monoisotopic (exact) mass is 272 g/mol. The fourth-order valence-electron chi connectivity index (χ4n) is 1.38. The van der Waals surface area contributed by atoms with Gasteiger partial charge in [-0.1, -0.05) is 11.6 Å². The Hall–Kier alpha value is -1.10. The van der Waals surface area contributed by atoms with E-state index < -0.39 is 5.82 Å². The van der Waals surface area contributed by atoms with Crippen molar-refractivity contribution in [3.05, 3.63) is 50.9 Å². The molecule has 2 rings (SSSR count). The number of aliphatic hydroxyl groups excluding tert-OH is 1. The summed E-state index contributed by atoms with van der Waals surface area (Å²) in [7, 11) is 0. The fraction of sp³-hybridized carbons (Fsp3) is 0.167. The molecule has 0 radical (unpaired) electrons. The van der Waals surface area contributed by atoms with Gasteiger partial charge in [-0.3, -0.25) is 0 Å². The minimum Gasteiger partial charge on any atom is -0.488 e. The molecule has 1 aromatic heterocycles. The summed E-state index contributed by atoms with van der Waals surface area (Å²) in [5.74, 6) is -0.0191. The van der Waals surface area contributed by atoms with E-state index in [2.05, 4.69) is 0 Å². The number of benzene rings is 1. The van der Waals surface area contributed by atoms with Crippen molar-refractivity contribution in [1.82, 2.24) is 0 Å². The zero-order chi connectivity index (χ0) is 12.3. The van der Waals surface area contributed by atoms with Crippen LogP contribution in [0.1, 0.15) is 10.4 Å². The van der Waals surface area contributed by atoms with E-state index in [1.165, 1.54) is 23.5 Å². The van der Waals surface area contributed by atoms with Gasteiger partial charge in [0.15, 0.2) is 0 Å². The largest absolute Gasteiger partial charge is 0.488 e. The third-order valence-electron chi connectivity index (χ3n) is 2.12. The van der Waals surface area contributed by atoms with Gasteiger partial charge >= 0.3 is 0 Å². The first kappa shape index (κ1) is 12.4. The minimum atomic E-state index is -0.421. The van der Waals surface area contributed by atoms with Gasteiger partial charge in [0, 0.05) is 10.9 Å². The standard InChI is InChI=1S/C12H10ClFO2S/c13-12-2-1-11(17-12)7-16-10-4-8(6-15)3-9(14)5-10/h1-5,15H,6-7H2. The zero-order valence-corrected chi connectivity index (χ0v) is 10.4. The first-order valence-electron chi connectivity index (χ1n) is 4.95. The van der Waals surface area contributed by atoms with E-state index in [4.69, 9.17) is 21.4 Å². The van der Waals surface area contributed by atoms with Gasteiger partial charge in [-0.2, -0.15) is 0 Å². The highest BCUT2D eigenvalue weighted by molar-refractivity contribution is 7.16. The molecule has 0 bridgehead atoms. The Labute approximate surface area is 107 Å². The van der Waals surface area contributed by atoms with Crippen LogP contribution in [0.4, 0.5) is 4.39 Å². The third-order valence-corrected chi connectivity index (χ3v) is 3.33. The summed E-state index contributed by atoms with van der Waals surface area (Å²) < 4.78 is 19.3. The van der Waals surface area contributed by atoms with Crippen LogP contribution in [-0.4, -0.2) is 5.11 Å². The van der Waals surface area contributed by atoms with E-state index in [0.717, 1.165) is 4.88 Å². The highest BCUT2D eigenvalue weighted by atomic mass is 35.5. The molecule has 0 aliphatic heterocycles. The van der Waals surface area contributed by atoms with Crippen LogP contribution in [0.5, 0.6) is 5.75 Å². The zero-order valence-electron chi connectivity index (χ0n) is 8.82. The van der Waals surface area contributed by atoms with E-state index >= 15 is 0 Å². The predicted octanol–water partition coefficient (Wildman–Crippen LogP) is 3.61. The number of thiophene rings is 1. The molecular formula is C12H10ClFO2S. The summed E-state index contributed by atoms with van der Waals surface area (Å²) in [6.07, 6.45) is 0. The van der Waals surface area contributed by atoms with Crippen LogP contribution in [0.25, 0.3) is 0 Å². The van der Waals surface area contributed by atoms with E-state index in [1.807, 2.05) is 6.07 Å². The lowest BCUT2D eigenvalue weighted by Gasteiger charge is -2.06. The van der Waals surface area contributed by atoms with Gasteiger partial charge in [0.2, 0.25) is 0 Å². The molecule has 0 aliphatic rings. The summed E-state index contributed by atoms with van der Waals surface area (Å²) in [6, 6.07) is 7.82. The van der Waals surface area contributed by atoms with Crippen molar-refractivity contribution in [2.45, 2.75) is 13.2 Å². The molecule has 0 atom stereocenters. The lowest BCUT2D eigenvalue weighted by Crippen LogP contribution is -1.95. The molecule has 1 N–H and O–H groups in total. The molecule has 5 heteroatoms. The molecule has 0 saturated heterocycles. The van der Waals surface area contributed by atoms with Crippen molar-refractivity contribution in [1.29, 1.82) is 0 Å². The molecule has 0 fully saturated rings. The lowest BCUT2D eigenvalue weighted by atomic mass is 10.2. The Morgan fingerprint density at radius 3 is 2.76 bits per heavy atom. The van der Waals surface area contributed by atoms with Crippen molar-refractivity contribution in [2.75, 3.05) is 0 Å². The van der Waals surface area contributed by atoms with E-state index in [1.54, 1.807) is 12.1 Å². The van der Waals surface area contributed by atoms with E-state index in [-0.39, 0.29) is 6.61 Å². The Balaban J connectivity index is 2.05. The molecular weight excluding hydrogens is 263 g/mol. The van der Waals surface area contributed by atoms with Crippen molar-refractivity contribution in [2.24, 2.45) is 0 Å². The summed E-state index contributed by atoms with van der Waals surface area (Å²) in [5, 5.41) is 8.94. The van der Waals surface area contributed by atoms with Crippen LogP contribution in [0, 0.1) is 5.82 Å². The van der Waals surface area contributed by atoms with Gasteiger partial charge in [0.25, 0.3) is 0 Å². The average molecular weight is 273 g/mol. The number of ether oxygens (including phenoxy) is 1. The first-order chi connectivity index (χ1) is 8.17. The first-order valence-corrected chi connectivity index (χ1v) is 6.14. The second-order valence-electron chi connectivity index (χ2n) is 3.45. The second-order valence-corrected chi connectivity index (χ2v) is 5.25. The molecule has 1 aromatic carbocycles. The molecule has 0 unspecified atom stereocenters. The molecule has 90 valence electrons. The van der Waals surface area contributed by atoms with Crippen molar-refractivity contribution in [3.8, 4) is 5.75 Å². The van der Waals surface area contributed by atoms with Crippen LogP contribution in [-0.2, 0) is 13.2 Å². The van der Waals surface area contributed by atoms with Gasteiger partial charge in [0.05, 0.1) is 10.9 Å². The Morgan fingerprint density at radius 1 is 1.29 bits per heavy atom. The molecule has 1 heterocycles. The van der Waals surface area contributed by atoms with Crippen LogP contribution in [0.2, 0.25) is 4.34 Å². The van der Waals surface area contributed by atoms with Crippen molar-refractivity contribution in [3.63, 3.8) is 0 Å². The fourth-order valence-corrected chi connectivity index (χ4v) is 2.38. The second kappa shape index (κ2) is 5.49. The van der Waals surface area contributed by atoms with Crippen molar-refractivity contribution < 1.29 is 14.2 Å². The maximum absolute atomic E-state index is 13.1. The van der Waals surface area contributed by atoms with E-state index in [9.17, 15) is 4.39 Å². The smallest absolute Gasteiger partial charge is 0.127 e. The van der Waals surface area contributed by atoms with Crippen LogP contribution >= 0.6 is 22.9 Å².